The van der Waals surface area contributed by atoms with Crippen LogP contribution in [0.15, 0.2) is 70.0 Å². The van der Waals surface area contributed by atoms with Gasteiger partial charge in [-0.1, -0.05) is 74.6 Å². The summed E-state index contributed by atoms with van der Waals surface area (Å²) < 4.78 is 7.88. The summed E-state index contributed by atoms with van der Waals surface area (Å²) in [5, 5.41) is 12.4. The van der Waals surface area contributed by atoms with E-state index in [2.05, 4.69) is 22.6 Å². The summed E-state index contributed by atoms with van der Waals surface area (Å²) in [4.78, 5) is 12.7. The third kappa shape index (κ3) is 5.63. The maximum atomic E-state index is 12.7. The minimum absolute atomic E-state index is 0.0568. The van der Waals surface area contributed by atoms with Crippen molar-refractivity contribution in [2.24, 2.45) is 0 Å². The highest BCUT2D eigenvalue weighted by Gasteiger charge is 2.08. The van der Waals surface area contributed by atoms with Crippen molar-refractivity contribution in [3.05, 3.63) is 76.7 Å². The number of anilines is 1. The minimum atomic E-state index is -0.0568. The van der Waals surface area contributed by atoms with Crippen LogP contribution in [0.3, 0.4) is 0 Å². The zero-order valence-electron chi connectivity index (χ0n) is 18.6. The zero-order chi connectivity index (χ0) is 22.2. The summed E-state index contributed by atoms with van der Waals surface area (Å²) in [5.41, 5.74) is 3.13. The van der Waals surface area contributed by atoms with Crippen LogP contribution >= 0.6 is 0 Å². The van der Waals surface area contributed by atoms with Gasteiger partial charge in [-0.25, -0.2) is 0 Å². The molecule has 166 valence electrons. The molecule has 6 heteroatoms. The maximum absolute atomic E-state index is 12.7. The normalized spacial score (nSPS) is 11.2. The van der Waals surface area contributed by atoms with Crippen molar-refractivity contribution < 1.29 is 4.42 Å². The molecule has 0 aliphatic rings. The Morgan fingerprint density at radius 1 is 0.969 bits per heavy atom. The van der Waals surface area contributed by atoms with Crippen molar-refractivity contribution in [1.29, 1.82) is 0 Å². The SMILES string of the molecule is CCCCCCCCn1cc(CNc2ccc3oc(-c4ccccc4)cc(=O)c3c2)nn1. The van der Waals surface area contributed by atoms with Crippen molar-refractivity contribution in [3.63, 3.8) is 0 Å². The van der Waals surface area contributed by atoms with E-state index in [1.165, 1.54) is 32.1 Å². The molecule has 6 nitrogen and oxygen atoms in total. The van der Waals surface area contributed by atoms with Crippen LogP contribution in [0.25, 0.3) is 22.3 Å². The average molecular weight is 431 g/mol. The van der Waals surface area contributed by atoms with Crippen molar-refractivity contribution in [3.8, 4) is 11.3 Å². The second-order valence-corrected chi connectivity index (χ2v) is 8.15. The van der Waals surface area contributed by atoms with Crippen molar-refractivity contribution >= 4 is 16.7 Å². The third-order valence-corrected chi connectivity index (χ3v) is 5.59. The standard InChI is InChI=1S/C26H30N4O2/c1-2-3-4-5-6-10-15-30-19-22(28-29-30)18-27-21-13-14-25-23(16-21)24(31)17-26(32-25)20-11-8-7-9-12-20/h7-9,11-14,16-17,19,27H,2-6,10,15,18H2,1H3. The summed E-state index contributed by atoms with van der Waals surface area (Å²) >= 11 is 0. The first-order valence-corrected chi connectivity index (χ1v) is 11.5. The van der Waals surface area contributed by atoms with Gasteiger partial charge in [0.25, 0.3) is 0 Å². The van der Waals surface area contributed by atoms with Gasteiger partial charge in [0.05, 0.1) is 18.1 Å². The van der Waals surface area contributed by atoms with E-state index in [4.69, 9.17) is 4.42 Å². The van der Waals surface area contributed by atoms with Crippen molar-refractivity contribution in [2.75, 3.05) is 5.32 Å². The monoisotopic (exact) mass is 430 g/mol. The van der Waals surface area contributed by atoms with Gasteiger partial charge < -0.3 is 9.73 Å². The predicted molar refractivity (Wildman–Crippen MR) is 129 cm³/mol. The molecule has 0 saturated heterocycles. The van der Waals surface area contributed by atoms with Crippen LogP contribution in [0.1, 0.15) is 51.1 Å². The Kier molecular flexibility index (Phi) is 7.33. The molecule has 4 rings (SSSR count). The molecule has 0 radical (unpaired) electrons. The number of nitrogens with zero attached hydrogens (tertiary/aromatic N) is 3. The first-order valence-electron chi connectivity index (χ1n) is 11.5. The fraction of sp³-hybridized carbons (Fsp3) is 0.346. The molecule has 32 heavy (non-hydrogen) atoms. The van der Waals surface area contributed by atoms with E-state index in [-0.39, 0.29) is 5.43 Å². The van der Waals surface area contributed by atoms with Gasteiger partial charge in [-0.05, 0) is 24.6 Å². The van der Waals surface area contributed by atoms with E-state index >= 15 is 0 Å². The molecule has 0 fully saturated rings. The Balaban J connectivity index is 1.35. The molecular formula is C26H30N4O2. The predicted octanol–water partition coefficient (Wildman–Crippen LogP) is 6.02. The number of aromatic nitrogens is 3. The molecule has 0 spiro atoms. The van der Waals surface area contributed by atoms with Crippen LogP contribution in [0.4, 0.5) is 5.69 Å². The van der Waals surface area contributed by atoms with Gasteiger partial charge in [-0.3, -0.25) is 9.48 Å². The van der Waals surface area contributed by atoms with Gasteiger partial charge in [0.15, 0.2) is 5.43 Å². The second-order valence-electron chi connectivity index (χ2n) is 8.15. The first kappa shape index (κ1) is 21.8. The number of hydrogen-bond acceptors (Lipinski definition) is 5. The summed E-state index contributed by atoms with van der Waals surface area (Å²) in [6.45, 7) is 3.69. The smallest absolute Gasteiger partial charge is 0.193 e. The Labute approximate surface area is 188 Å². The lowest BCUT2D eigenvalue weighted by molar-refractivity contribution is 0.516. The van der Waals surface area contributed by atoms with Crippen LogP contribution in [-0.2, 0) is 13.1 Å². The number of hydrogen-bond donors (Lipinski definition) is 1. The van der Waals surface area contributed by atoms with Crippen LogP contribution in [0, 0.1) is 0 Å². The Morgan fingerprint density at radius 3 is 2.62 bits per heavy atom. The molecular weight excluding hydrogens is 400 g/mol. The summed E-state index contributed by atoms with van der Waals surface area (Å²) in [7, 11) is 0. The van der Waals surface area contributed by atoms with E-state index in [1.54, 1.807) is 6.07 Å². The molecule has 2 heterocycles. The fourth-order valence-electron chi connectivity index (χ4n) is 3.79. The maximum Gasteiger partial charge on any atom is 0.193 e. The molecule has 2 aromatic heterocycles. The van der Waals surface area contributed by atoms with Crippen LogP contribution < -0.4 is 10.7 Å². The molecule has 0 amide bonds. The van der Waals surface area contributed by atoms with Gasteiger partial charge in [-0.15, -0.1) is 5.10 Å². The number of benzene rings is 2. The van der Waals surface area contributed by atoms with Crippen LogP contribution in [-0.4, -0.2) is 15.0 Å². The van der Waals surface area contributed by atoms with Crippen LogP contribution in [0.2, 0.25) is 0 Å². The Bertz CT molecular complexity index is 1200. The summed E-state index contributed by atoms with van der Waals surface area (Å²) in [6.07, 6.45) is 9.56. The molecule has 0 bridgehead atoms. The van der Waals surface area contributed by atoms with Gasteiger partial charge in [0, 0.05) is 23.9 Å². The molecule has 4 aromatic rings. The topological polar surface area (TPSA) is 73.0 Å². The number of nitrogens with one attached hydrogen (secondary N) is 1. The number of fused-ring (bicyclic) bond motifs is 1. The van der Waals surface area contributed by atoms with Crippen molar-refractivity contribution in [2.45, 2.75) is 58.5 Å². The lowest BCUT2D eigenvalue weighted by atomic mass is 10.1. The third-order valence-electron chi connectivity index (χ3n) is 5.59. The number of aryl methyl sites for hydroxylation is 1. The molecule has 0 unspecified atom stereocenters. The fourth-order valence-corrected chi connectivity index (χ4v) is 3.79. The molecule has 1 N–H and O–H groups in total. The summed E-state index contributed by atoms with van der Waals surface area (Å²) in [6, 6.07) is 16.8. The van der Waals surface area contributed by atoms with E-state index in [0.717, 1.165) is 29.9 Å². The molecule has 2 aromatic carbocycles. The van der Waals surface area contributed by atoms with E-state index < -0.39 is 0 Å². The molecule has 0 aliphatic heterocycles. The first-order chi connectivity index (χ1) is 15.7. The van der Waals surface area contributed by atoms with Crippen LogP contribution in [0.5, 0.6) is 0 Å². The van der Waals surface area contributed by atoms with E-state index in [0.29, 0.717) is 23.3 Å². The average Bonchev–Trinajstić information content (AvgIpc) is 3.28. The van der Waals surface area contributed by atoms with Gasteiger partial charge >= 0.3 is 0 Å². The van der Waals surface area contributed by atoms with Crippen molar-refractivity contribution in [1.82, 2.24) is 15.0 Å². The number of rotatable bonds is 11. The number of unbranched alkanes of at least 4 members (excludes halogenated alkanes) is 5. The molecule has 0 aliphatic carbocycles. The largest absolute Gasteiger partial charge is 0.456 e. The second kappa shape index (κ2) is 10.8. The van der Waals surface area contributed by atoms with Gasteiger partial charge in [-0.2, -0.15) is 0 Å². The minimum Gasteiger partial charge on any atom is -0.456 e. The highest BCUT2D eigenvalue weighted by Crippen LogP contribution is 2.24. The Hall–Kier alpha value is -3.41. The Morgan fingerprint density at radius 2 is 1.78 bits per heavy atom. The van der Waals surface area contributed by atoms with Gasteiger partial charge in [0.2, 0.25) is 0 Å². The lowest BCUT2D eigenvalue weighted by Crippen LogP contribution is -2.03. The molecule has 0 saturated carbocycles. The molecule has 0 atom stereocenters. The summed E-state index contributed by atoms with van der Waals surface area (Å²) in [5.74, 6) is 0.575. The highest BCUT2D eigenvalue weighted by molar-refractivity contribution is 5.82. The highest BCUT2D eigenvalue weighted by atomic mass is 16.3. The van der Waals surface area contributed by atoms with E-state index in [9.17, 15) is 4.79 Å². The van der Waals surface area contributed by atoms with E-state index in [1.807, 2.05) is 59.4 Å². The quantitative estimate of drug-likeness (QED) is 0.294. The lowest BCUT2D eigenvalue weighted by Gasteiger charge is -2.07. The van der Waals surface area contributed by atoms with Gasteiger partial charge in [0.1, 0.15) is 17.0 Å². The zero-order valence-corrected chi connectivity index (χ0v) is 18.6.